The van der Waals surface area contributed by atoms with E-state index in [0.29, 0.717) is 0 Å². The summed E-state index contributed by atoms with van der Waals surface area (Å²) in [6.07, 6.45) is -0.205. The van der Waals surface area contributed by atoms with Crippen LogP contribution in [0.1, 0.15) is 26.7 Å². The second kappa shape index (κ2) is 5.07. The van der Waals surface area contributed by atoms with Crippen LogP contribution < -0.4 is 0 Å². The van der Waals surface area contributed by atoms with E-state index in [1.165, 1.54) is 6.92 Å². The zero-order chi connectivity index (χ0) is 10.5. The number of carbonyl (C=O) groups is 2. The van der Waals surface area contributed by atoms with Crippen LogP contribution in [0.3, 0.4) is 0 Å². The van der Waals surface area contributed by atoms with Crippen LogP contribution >= 0.6 is 0 Å². The van der Waals surface area contributed by atoms with Crippen LogP contribution in [0, 0.1) is 0 Å². The van der Waals surface area contributed by atoms with Gasteiger partial charge in [0.2, 0.25) is 0 Å². The maximum absolute atomic E-state index is 11.2. The summed E-state index contributed by atoms with van der Waals surface area (Å²) >= 11 is 0. The number of hydrogen-bond donors (Lipinski definition) is 0. The van der Waals surface area contributed by atoms with Crippen LogP contribution in [0.5, 0.6) is 0 Å². The van der Waals surface area contributed by atoms with Crippen molar-refractivity contribution in [1.29, 1.82) is 0 Å². The summed E-state index contributed by atoms with van der Waals surface area (Å²) in [6.45, 7) is 2.83. The molecule has 6 heteroatoms. The Morgan fingerprint density at radius 1 is 1.54 bits per heavy atom. The Morgan fingerprint density at radius 3 is 2.31 bits per heavy atom. The van der Waals surface area contributed by atoms with Gasteiger partial charge in [-0.25, -0.2) is 0 Å². The molecule has 0 saturated carbocycles. The van der Waals surface area contributed by atoms with Gasteiger partial charge in [-0.2, -0.15) is 0 Å². The first kappa shape index (κ1) is 12.2. The second-order valence-electron chi connectivity index (χ2n) is 2.78. The molecule has 2 radical (unpaired) electrons. The van der Waals surface area contributed by atoms with Crippen LogP contribution in [0.2, 0.25) is 0 Å². The normalized spacial score (nSPS) is 14.3. The molecule has 0 aromatic rings. The molecule has 0 aromatic heterocycles. The third kappa shape index (κ3) is 2.88. The van der Waals surface area contributed by atoms with E-state index in [9.17, 15) is 14.3 Å². The number of rotatable bonds is 6. The summed E-state index contributed by atoms with van der Waals surface area (Å²) in [4.78, 5) is 22.0. The topological polar surface area (TPSA) is 60.4 Å². The molecule has 0 aliphatic carbocycles. The van der Waals surface area contributed by atoms with Gasteiger partial charge in [0.25, 0.3) is 0 Å². The molecule has 0 heterocycles. The minimum atomic E-state index is -1.78. The second-order valence-corrected chi connectivity index (χ2v) is 2.78. The van der Waals surface area contributed by atoms with Crippen LogP contribution in [-0.2, 0) is 18.9 Å². The van der Waals surface area contributed by atoms with E-state index in [1.807, 2.05) is 0 Å². The van der Waals surface area contributed by atoms with Gasteiger partial charge < -0.3 is 0 Å². The van der Waals surface area contributed by atoms with E-state index in [-0.39, 0.29) is 25.8 Å². The summed E-state index contributed by atoms with van der Waals surface area (Å²) in [6, 6.07) is 0. The average Bonchev–Trinajstić information content (AvgIpc) is 2.12. The summed E-state index contributed by atoms with van der Waals surface area (Å²) in [5.41, 5.74) is -1.78. The molecule has 0 rings (SSSR count). The van der Waals surface area contributed by atoms with Crippen molar-refractivity contribution in [3.8, 4) is 0 Å². The Bertz CT molecular complexity index is 229. The van der Waals surface area contributed by atoms with E-state index in [1.54, 1.807) is 6.92 Å². The Kier molecular flexibility index (Phi) is 4.77. The fraction of sp³-hybridized carbons (Fsp3) is 0.714. The van der Waals surface area contributed by atoms with Crippen LogP contribution in [-0.4, -0.2) is 32.3 Å². The molecule has 0 fully saturated rings. The molecule has 0 bridgehead atoms. The third-order valence-electron chi connectivity index (χ3n) is 1.71. The summed E-state index contributed by atoms with van der Waals surface area (Å²) in [5.74, 6) is -0.806. The molecule has 1 atom stereocenters. The van der Waals surface area contributed by atoms with Gasteiger partial charge in [-0.05, 0) is 0 Å². The number of carbonyl (C=O) groups excluding carboxylic acids is 2. The fourth-order valence-electron chi connectivity index (χ4n) is 1.01. The Labute approximate surface area is 78.7 Å². The standard InChI is InChI=1S/C7H10B2O4/c1-3-6(11)7(9-12,13-8)4-5(2)10/h3-4H2,1-2H3. The van der Waals surface area contributed by atoms with E-state index < -0.39 is 11.3 Å². The molecule has 0 saturated heterocycles. The molecule has 0 aliphatic heterocycles. The molecule has 68 valence electrons. The first-order valence-electron chi connectivity index (χ1n) is 3.89. The van der Waals surface area contributed by atoms with Crippen molar-refractivity contribution in [2.45, 2.75) is 32.2 Å². The Hall–Kier alpha value is -0.770. The van der Waals surface area contributed by atoms with Crippen molar-refractivity contribution in [3.63, 3.8) is 0 Å². The van der Waals surface area contributed by atoms with Crippen LogP contribution in [0.15, 0.2) is 0 Å². The van der Waals surface area contributed by atoms with Crippen molar-refractivity contribution in [3.05, 3.63) is 0 Å². The van der Waals surface area contributed by atoms with Gasteiger partial charge in [-0.3, -0.25) is 0 Å². The molecule has 0 amide bonds. The van der Waals surface area contributed by atoms with Gasteiger partial charge in [0.15, 0.2) is 0 Å². The van der Waals surface area contributed by atoms with E-state index in [0.717, 1.165) is 0 Å². The van der Waals surface area contributed by atoms with E-state index in [4.69, 9.17) is 8.05 Å². The summed E-state index contributed by atoms with van der Waals surface area (Å²) in [7, 11) is 5.12. The van der Waals surface area contributed by atoms with Crippen LogP contribution in [0.25, 0.3) is 0 Å². The molecular formula is C7H10B2O4. The number of hydrogen-bond acceptors (Lipinski definition) is 4. The molecule has 4 nitrogen and oxygen atoms in total. The van der Waals surface area contributed by atoms with Gasteiger partial charge in [0.1, 0.15) is 0 Å². The molecule has 1 unspecified atom stereocenters. The van der Waals surface area contributed by atoms with Crippen molar-refractivity contribution in [2.75, 3.05) is 0 Å². The zero-order valence-corrected chi connectivity index (χ0v) is 7.70. The number of ketones is 2. The van der Waals surface area contributed by atoms with Gasteiger partial charge in [0, 0.05) is 0 Å². The Morgan fingerprint density at radius 2 is 2.08 bits per heavy atom. The average molecular weight is 180 g/mol. The first-order valence-corrected chi connectivity index (χ1v) is 3.89. The molecule has 0 spiro atoms. The fourth-order valence-corrected chi connectivity index (χ4v) is 1.01. The molecular weight excluding hydrogens is 170 g/mol. The zero-order valence-electron chi connectivity index (χ0n) is 7.70. The predicted octanol–water partition coefficient (Wildman–Crippen LogP) is -0.209. The predicted molar refractivity (Wildman–Crippen MR) is 46.6 cm³/mol. The minimum absolute atomic E-state index is 0.100. The molecule has 0 aromatic carbocycles. The van der Waals surface area contributed by atoms with Gasteiger partial charge in [-0.1, -0.05) is 0 Å². The van der Waals surface area contributed by atoms with E-state index >= 15 is 0 Å². The van der Waals surface area contributed by atoms with E-state index in [2.05, 4.69) is 4.65 Å². The summed E-state index contributed by atoms with van der Waals surface area (Å²) in [5, 5.41) is 0. The van der Waals surface area contributed by atoms with Crippen molar-refractivity contribution in [2.24, 2.45) is 0 Å². The van der Waals surface area contributed by atoms with Crippen molar-refractivity contribution in [1.82, 2.24) is 0 Å². The Balaban J connectivity index is 4.79. The monoisotopic (exact) mass is 180 g/mol. The molecule has 13 heavy (non-hydrogen) atoms. The van der Waals surface area contributed by atoms with Gasteiger partial charge in [0.05, 0.1) is 0 Å². The third-order valence-corrected chi connectivity index (χ3v) is 1.71. The number of Topliss-reactive ketones (excluding diaryl/α,β-unsaturated/α-hetero) is 2. The van der Waals surface area contributed by atoms with Crippen molar-refractivity contribution < 1.29 is 18.9 Å². The maximum atomic E-state index is 11.2. The van der Waals surface area contributed by atoms with Gasteiger partial charge >= 0.3 is 77.9 Å². The van der Waals surface area contributed by atoms with Crippen molar-refractivity contribution >= 4 is 26.8 Å². The molecule has 0 N–H and O–H groups in total. The first-order chi connectivity index (χ1) is 6.02. The van der Waals surface area contributed by atoms with Gasteiger partial charge in [-0.15, -0.1) is 0 Å². The molecule has 0 aliphatic rings. The quantitative estimate of drug-likeness (QED) is 0.530. The summed E-state index contributed by atoms with van der Waals surface area (Å²) < 4.78 is 14.9. The van der Waals surface area contributed by atoms with Crippen LogP contribution in [0.4, 0.5) is 0 Å². The SMILES string of the molecule is [B]OC(B=O)(CC(C)=O)C(=O)CC.